The van der Waals surface area contributed by atoms with Crippen molar-refractivity contribution in [2.75, 3.05) is 14.2 Å². The summed E-state index contributed by atoms with van der Waals surface area (Å²) in [5.74, 6) is -5.72. The van der Waals surface area contributed by atoms with Gasteiger partial charge < -0.3 is 24.7 Å². The predicted octanol–water partition coefficient (Wildman–Crippen LogP) is 2.72. The van der Waals surface area contributed by atoms with Crippen LogP contribution in [0, 0.1) is 0 Å². The average molecular weight is 555 g/mol. The molecule has 11 heteroatoms. The number of aryl methyl sites for hydroxylation is 1. The summed E-state index contributed by atoms with van der Waals surface area (Å²) in [4.78, 5) is 81.4. The molecule has 206 valence electrons. The highest BCUT2D eigenvalue weighted by atomic mass is 16.5. The van der Waals surface area contributed by atoms with Crippen molar-refractivity contribution in [2.45, 2.75) is 25.2 Å². The van der Waals surface area contributed by atoms with E-state index in [9.17, 15) is 39.0 Å². The van der Waals surface area contributed by atoms with E-state index < -0.39 is 67.9 Å². The van der Waals surface area contributed by atoms with Gasteiger partial charge >= 0.3 is 0 Å². The van der Waals surface area contributed by atoms with Gasteiger partial charge in [0.15, 0.2) is 28.9 Å². The normalized spacial score (nSPS) is 19.1. The lowest BCUT2D eigenvalue weighted by atomic mass is 9.76. The number of nitrogens with one attached hydrogen (secondary N) is 1. The lowest BCUT2D eigenvalue weighted by molar-refractivity contribution is -0.112. The Kier molecular flexibility index (Phi) is 5.43. The molecule has 3 aromatic rings. The number of rotatable bonds is 4. The fourth-order valence-corrected chi connectivity index (χ4v) is 6.24. The van der Waals surface area contributed by atoms with E-state index in [1.165, 1.54) is 26.2 Å². The van der Waals surface area contributed by atoms with Crippen LogP contribution in [0.4, 0.5) is 0 Å². The number of benzene rings is 2. The zero-order valence-corrected chi connectivity index (χ0v) is 22.0. The van der Waals surface area contributed by atoms with Crippen molar-refractivity contribution in [3.05, 3.63) is 79.5 Å². The molecule has 0 fully saturated rings. The molecule has 0 radical (unpaired) electrons. The van der Waals surface area contributed by atoms with Crippen molar-refractivity contribution in [1.82, 2.24) is 4.98 Å². The van der Waals surface area contributed by atoms with Crippen molar-refractivity contribution >= 4 is 45.8 Å². The first-order valence-electron chi connectivity index (χ1n) is 12.5. The highest BCUT2D eigenvalue weighted by molar-refractivity contribution is 6.39. The smallest absolute Gasteiger partial charge is 0.260 e. The van der Waals surface area contributed by atoms with E-state index in [4.69, 9.17) is 9.47 Å². The van der Waals surface area contributed by atoms with Crippen molar-refractivity contribution in [3.8, 4) is 17.2 Å². The number of H-pyrrole nitrogens is 1. The van der Waals surface area contributed by atoms with Crippen LogP contribution < -0.4 is 10.3 Å². The second-order valence-electron chi connectivity index (χ2n) is 10.1. The number of phenols is 2. The predicted molar refractivity (Wildman–Crippen MR) is 143 cm³/mol. The number of methoxy groups -OCH3 is 2. The van der Waals surface area contributed by atoms with Gasteiger partial charge in [0.25, 0.3) is 5.56 Å². The number of hydrogen-bond acceptors (Lipinski definition) is 10. The Balaban J connectivity index is 1.62. The molecule has 0 bridgehead atoms. The molecule has 2 aromatic carbocycles. The van der Waals surface area contributed by atoms with E-state index in [1.54, 1.807) is 12.1 Å². The number of aromatic hydroxyl groups is 2. The van der Waals surface area contributed by atoms with Gasteiger partial charge in [-0.2, -0.15) is 0 Å². The maximum Gasteiger partial charge on any atom is 0.260 e. The number of pyridine rings is 1. The van der Waals surface area contributed by atoms with Gasteiger partial charge in [-0.1, -0.05) is 6.07 Å². The second kappa shape index (κ2) is 8.59. The van der Waals surface area contributed by atoms with Gasteiger partial charge in [0, 0.05) is 17.3 Å². The Hall–Kier alpha value is -5.32. The Morgan fingerprint density at radius 3 is 2.32 bits per heavy atom. The number of phenolic OH excluding ortho intramolecular Hbond substituents is 2. The molecule has 0 amide bonds. The summed E-state index contributed by atoms with van der Waals surface area (Å²) < 4.78 is 10.4. The van der Waals surface area contributed by atoms with Gasteiger partial charge in [0.2, 0.25) is 5.78 Å². The fourth-order valence-electron chi connectivity index (χ4n) is 6.24. The van der Waals surface area contributed by atoms with Crippen LogP contribution in [0.1, 0.15) is 71.6 Å². The quantitative estimate of drug-likeness (QED) is 0.320. The minimum atomic E-state index is -2.03. The fraction of sp³-hybridized carbons (Fsp3) is 0.200. The minimum Gasteiger partial charge on any atom is -0.507 e. The van der Waals surface area contributed by atoms with E-state index in [2.05, 4.69) is 4.98 Å². The summed E-state index contributed by atoms with van der Waals surface area (Å²) >= 11 is 0. The summed E-state index contributed by atoms with van der Waals surface area (Å²) in [5, 5.41) is 22.8. The van der Waals surface area contributed by atoms with Crippen LogP contribution in [0.2, 0.25) is 0 Å². The molecule has 1 spiro atoms. The molecule has 0 saturated heterocycles. The number of aromatic amines is 1. The number of hydrogen-bond donors (Lipinski definition) is 3. The third kappa shape index (κ3) is 3.19. The maximum absolute atomic E-state index is 14.2. The van der Waals surface area contributed by atoms with Crippen molar-refractivity contribution < 1.29 is 43.7 Å². The molecule has 3 aliphatic rings. The van der Waals surface area contributed by atoms with Gasteiger partial charge in [-0.25, -0.2) is 0 Å². The lowest BCUT2D eigenvalue weighted by Gasteiger charge is -2.22. The molecule has 0 aliphatic heterocycles. The maximum atomic E-state index is 14.2. The number of ketones is 5. The van der Waals surface area contributed by atoms with E-state index in [0.29, 0.717) is 16.6 Å². The third-order valence-electron chi connectivity index (χ3n) is 7.94. The molecule has 41 heavy (non-hydrogen) atoms. The molecule has 1 aromatic heterocycles. The molecular weight excluding hydrogens is 534 g/mol. The highest BCUT2D eigenvalue weighted by Gasteiger charge is 2.61. The Bertz CT molecular complexity index is 1960. The SMILES string of the molecule is COC1=CC(=O)c2c(O)c3c(c(OC)c2C1=O)C(=O)C1(CCc2cc4cc(/C=C/C(C)=O)[nH]c(=O)c4c(O)c21)C3=O. The number of carbonyl (C=O) groups is 5. The van der Waals surface area contributed by atoms with Crippen LogP contribution in [-0.4, -0.2) is 58.3 Å². The minimum absolute atomic E-state index is 0.0819. The van der Waals surface area contributed by atoms with Crippen LogP contribution in [-0.2, 0) is 21.4 Å². The first kappa shape index (κ1) is 25.9. The number of aromatic nitrogens is 1. The van der Waals surface area contributed by atoms with E-state index in [0.717, 1.165) is 13.2 Å². The van der Waals surface area contributed by atoms with Crippen LogP contribution in [0.15, 0.2) is 34.8 Å². The summed E-state index contributed by atoms with van der Waals surface area (Å²) in [7, 11) is 2.34. The number of Topliss-reactive ketones (excluding diaryl/α,β-unsaturated/α-hetero) is 3. The Morgan fingerprint density at radius 1 is 0.951 bits per heavy atom. The molecule has 1 heterocycles. The van der Waals surface area contributed by atoms with Crippen molar-refractivity contribution in [1.29, 1.82) is 0 Å². The summed E-state index contributed by atoms with van der Waals surface area (Å²) in [6, 6.07) is 3.14. The molecule has 1 unspecified atom stereocenters. The van der Waals surface area contributed by atoms with E-state index in [-0.39, 0.29) is 41.1 Å². The Labute approximate surface area is 230 Å². The van der Waals surface area contributed by atoms with E-state index >= 15 is 0 Å². The molecule has 3 aliphatic carbocycles. The van der Waals surface area contributed by atoms with Crippen LogP contribution in [0.25, 0.3) is 16.8 Å². The molecule has 11 nitrogen and oxygen atoms in total. The van der Waals surface area contributed by atoms with Crippen LogP contribution in [0.5, 0.6) is 17.2 Å². The second-order valence-corrected chi connectivity index (χ2v) is 10.1. The number of carbonyl (C=O) groups excluding carboxylic acids is 5. The van der Waals surface area contributed by atoms with E-state index in [1.807, 2.05) is 0 Å². The number of allylic oxidation sites excluding steroid dienone is 3. The molecule has 6 rings (SSSR count). The third-order valence-corrected chi connectivity index (χ3v) is 7.94. The summed E-state index contributed by atoms with van der Waals surface area (Å²) in [6.45, 7) is 1.35. The molecule has 1 atom stereocenters. The average Bonchev–Trinajstić information content (AvgIpc) is 3.42. The zero-order valence-electron chi connectivity index (χ0n) is 22.0. The standard InChI is InChI=1S/C30H21NO10/c1-11(32)4-5-14-9-13-8-12-6-7-30(22(12)25(36)17(13)29(39)31-14)27(37)20-21(28(30)38)26(41-3)19-18(24(20)35)15(33)10-16(40-2)23(19)34/h4-5,8-10,35-36H,6-7H2,1-3H3,(H,31,39)/b5-4+. The zero-order chi connectivity index (χ0) is 29.5. The van der Waals surface area contributed by atoms with Crippen LogP contribution >= 0.6 is 0 Å². The van der Waals surface area contributed by atoms with Gasteiger partial charge in [0.05, 0.1) is 41.9 Å². The topological polar surface area (TPSA) is 177 Å². The molecular formula is C30H21NO10. The highest BCUT2D eigenvalue weighted by Crippen LogP contribution is 2.57. The van der Waals surface area contributed by atoms with Gasteiger partial charge in [-0.15, -0.1) is 0 Å². The Morgan fingerprint density at radius 2 is 1.66 bits per heavy atom. The van der Waals surface area contributed by atoms with Gasteiger partial charge in [-0.3, -0.25) is 28.8 Å². The number of ether oxygens (including phenoxy) is 2. The number of fused-ring (bicyclic) bond motifs is 5. The molecule has 3 N–H and O–H groups in total. The first-order valence-corrected chi connectivity index (χ1v) is 12.5. The molecule has 0 saturated carbocycles. The summed E-state index contributed by atoms with van der Waals surface area (Å²) in [5.41, 5.74) is -3.88. The van der Waals surface area contributed by atoms with Gasteiger partial charge in [0.1, 0.15) is 22.7 Å². The largest absolute Gasteiger partial charge is 0.507 e. The van der Waals surface area contributed by atoms with Crippen molar-refractivity contribution in [3.63, 3.8) is 0 Å². The van der Waals surface area contributed by atoms with Crippen molar-refractivity contribution in [2.24, 2.45) is 0 Å². The lowest BCUT2D eigenvalue weighted by Crippen LogP contribution is -2.36. The first-order chi connectivity index (χ1) is 19.5. The summed E-state index contributed by atoms with van der Waals surface area (Å²) in [6.07, 6.45) is 3.61. The van der Waals surface area contributed by atoms with Gasteiger partial charge in [-0.05, 0) is 48.9 Å². The monoisotopic (exact) mass is 555 g/mol. The van der Waals surface area contributed by atoms with Crippen LogP contribution in [0.3, 0.4) is 0 Å².